The fraction of sp³-hybridized carbons (Fsp3) is 0.316. The van der Waals surface area contributed by atoms with Gasteiger partial charge in [0.05, 0.1) is 19.6 Å². The Hall–Kier alpha value is -2.29. The predicted molar refractivity (Wildman–Crippen MR) is 82.9 cm³/mol. The average molecular weight is 294 g/mol. The summed E-state index contributed by atoms with van der Waals surface area (Å²) in [6, 6.07) is 16.6. The molecule has 22 heavy (non-hydrogen) atoms. The van der Waals surface area contributed by atoms with Crippen molar-refractivity contribution in [3.8, 4) is 5.75 Å². The number of fused-ring (bicyclic) bond motifs is 2. The molecular weight excluding hydrogens is 276 g/mol. The smallest absolute Gasteiger partial charge is 0.309 e. The van der Waals surface area contributed by atoms with E-state index in [1.807, 2.05) is 18.2 Å². The van der Waals surface area contributed by atoms with Gasteiger partial charge >= 0.3 is 5.97 Å². The molecule has 1 saturated heterocycles. The molecule has 0 saturated carbocycles. The fourth-order valence-electron chi connectivity index (χ4n) is 3.87. The van der Waals surface area contributed by atoms with Gasteiger partial charge in [-0.3, -0.25) is 4.79 Å². The Morgan fingerprint density at radius 1 is 1.09 bits per heavy atom. The highest BCUT2D eigenvalue weighted by Gasteiger charge is 2.46. The van der Waals surface area contributed by atoms with Crippen LogP contribution in [0.1, 0.15) is 22.6 Å². The average Bonchev–Trinajstić information content (AvgIpc) is 2.94. The maximum absolute atomic E-state index is 12.1. The minimum atomic E-state index is -0.0435. The van der Waals surface area contributed by atoms with Crippen LogP contribution in [-0.4, -0.2) is 19.7 Å². The first-order valence-electron chi connectivity index (χ1n) is 7.66. The van der Waals surface area contributed by atoms with Gasteiger partial charge in [0, 0.05) is 11.8 Å². The normalized spacial score (nSPS) is 26.0. The standard InChI is InChI=1S/C19H18O3/c1-21-14-8-6-12(7-9-14)18-15-5-3-2-4-13(15)10-16-17(18)11-22-19(16)20/h2-9,16-18H,10-11H2,1H3/t16-,17-,18-/m1/s1. The highest BCUT2D eigenvalue weighted by molar-refractivity contribution is 5.76. The molecule has 1 aliphatic carbocycles. The number of rotatable bonds is 2. The van der Waals surface area contributed by atoms with Crippen LogP contribution in [0.4, 0.5) is 0 Å². The number of benzene rings is 2. The van der Waals surface area contributed by atoms with E-state index in [4.69, 9.17) is 9.47 Å². The molecule has 0 N–H and O–H groups in total. The molecular formula is C19H18O3. The highest BCUT2D eigenvalue weighted by Crippen LogP contribution is 2.46. The van der Waals surface area contributed by atoms with E-state index in [1.165, 1.54) is 16.7 Å². The van der Waals surface area contributed by atoms with Gasteiger partial charge in [-0.1, -0.05) is 36.4 Å². The van der Waals surface area contributed by atoms with Crippen molar-refractivity contribution in [2.75, 3.05) is 13.7 Å². The second kappa shape index (κ2) is 5.16. The molecule has 3 nitrogen and oxygen atoms in total. The fourth-order valence-corrected chi connectivity index (χ4v) is 3.87. The van der Waals surface area contributed by atoms with Crippen LogP contribution in [0.5, 0.6) is 5.75 Å². The van der Waals surface area contributed by atoms with Crippen molar-refractivity contribution >= 4 is 5.97 Å². The van der Waals surface area contributed by atoms with Gasteiger partial charge in [0.1, 0.15) is 5.75 Å². The third-order valence-electron chi connectivity index (χ3n) is 4.97. The predicted octanol–water partition coefficient (Wildman–Crippen LogP) is 3.17. The molecule has 1 heterocycles. The molecule has 0 aromatic heterocycles. The molecule has 1 fully saturated rings. The number of cyclic esters (lactones) is 1. The van der Waals surface area contributed by atoms with Crippen LogP contribution in [-0.2, 0) is 16.0 Å². The molecule has 112 valence electrons. The first-order chi connectivity index (χ1) is 10.8. The highest BCUT2D eigenvalue weighted by atomic mass is 16.5. The number of methoxy groups -OCH3 is 1. The molecule has 0 unspecified atom stereocenters. The Morgan fingerprint density at radius 3 is 2.64 bits per heavy atom. The van der Waals surface area contributed by atoms with Crippen molar-refractivity contribution in [3.63, 3.8) is 0 Å². The van der Waals surface area contributed by atoms with Gasteiger partial charge in [-0.05, 0) is 35.2 Å². The molecule has 2 aromatic rings. The topological polar surface area (TPSA) is 35.5 Å². The minimum Gasteiger partial charge on any atom is -0.497 e. The molecule has 2 aliphatic rings. The summed E-state index contributed by atoms with van der Waals surface area (Å²) in [7, 11) is 1.67. The molecule has 2 aromatic carbocycles. The van der Waals surface area contributed by atoms with E-state index < -0.39 is 0 Å². The second-order valence-electron chi connectivity index (χ2n) is 6.05. The largest absolute Gasteiger partial charge is 0.497 e. The summed E-state index contributed by atoms with van der Waals surface area (Å²) in [6.07, 6.45) is 0.798. The lowest BCUT2D eigenvalue weighted by atomic mass is 9.68. The van der Waals surface area contributed by atoms with Crippen LogP contribution in [0.3, 0.4) is 0 Å². The summed E-state index contributed by atoms with van der Waals surface area (Å²) in [4.78, 5) is 12.1. The van der Waals surface area contributed by atoms with E-state index in [0.29, 0.717) is 6.61 Å². The summed E-state index contributed by atoms with van der Waals surface area (Å²) in [5.41, 5.74) is 3.82. The Kier molecular flexibility index (Phi) is 3.14. The zero-order chi connectivity index (χ0) is 15.1. The molecule has 4 rings (SSSR count). The molecule has 0 bridgehead atoms. The summed E-state index contributed by atoms with van der Waals surface area (Å²) >= 11 is 0. The van der Waals surface area contributed by atoms with E-state index in [0.717, 1.165) is 12.2 Å². The number of hydrogen-bond donors (Lipinski definition) is 0. The molecule has 1 aliphatic heterocycles. The van der Waals surface area contributed by atoms with Gasteiger partial charge in [0.2, 0.25) is 0 Å². The van der Waals surface area contributed by atoms with E-state index in [9.17, 15) is 4.79 Å². The van der Waals surface area contributed by atoms with Gasteiger partial charge in [-0.25, -0.2) is 0 Å². The van der Waals surface area contributed by atoms with Crippen LogP contribution in [0.15, 0.2) is 48.5 Å². The van der Waals surface area contributed by atoms with Crippen LogP contribution in [0.25, 0.3) is 0 Å². The Balaban J connectivity index is 1.82. The van der Waals surface area contributed by atoms with E-state index >= 15 is 0 Å². The van der Waals surface area contributed by atoms with Crippen molar-refractivity contribution in [1.82, 2.24) is 0 Å². The van der Waals surface area contributed by atoms with Crippen LogP contribution in [0.2, 0.25) is 0 Å². The number of ether oxygens (including phenoxy) is 2. The maximum atomic E-state index is 12.1. The number of carbonyl (C=O) groups is 1. The number of esters is 1. The van der Waals surface area contributed by atoms with Crippen molar-refractivity contribution in [2.45, 2.75) is 12.3 Å². The van der Waals surface area contributed by atoms with E-state index in [2.05, 4.69) is 30.3 Å². The monoisotopic (exact) mass is 294 g/mol. The van der Waals surface area contributed by atoms with Crippen LogP contribution in [0, 0.1) is 11.8 Å². The lowest BCUT2D eigenvalue weighted by Gasteiger charge is -2.33. The zero-order valence-corrected chi connectivity index (χ0v) is 12.5. The summed E-state index contributed by atoms with van der Waals surface area (Å²) in [6.45, 7) is 0.522. The van der Waals surface area contributed by atoms with Gasteiger partial charge in [0.25, 0.3) is 0 Å². The SMILES string of the molecule is COc1ccc([C@@H]2c3ccccc3C[C@H]3C(=O)OC[C@@H]23)cc1. The molecule has 0 amide bonds. The van der Waals surface area contributed by atoms with Gasteiger partial charge in [-0.15, -0.1) is 0 Å². The van der Waals surface area contributed by atoms with Gasteiger partial charge < -0.3 is 9.47 Å². The zero-order valence-electron chi connectivity index (χ0n) is 12.5. The first kappa shape index (κ1) is 13.4. The van der Waals surface area contributed by atoms with Crippen LogP contribution < -0.4 is 4.74 Å². The van der Waals surface area contributed by atoms with Gasteiger partial charge in [0.15, 0.2) is 0 Å². The Labute approximate surface area is 129 Å². The maximum Gasteiger partial charge on any atom is 0.309 e. The minimum absolute atomic E-state index is 0.0120. The Morgan fingerprint density at radius 2 is 1.86 bits per heavy atom. The molecule has 0 radical (unpaired) electrons. The molecule has 3 atom stereocenters. The summed E-state index contributed by atoms with van der Waals surface area (Å²) in [5, 5.41) is 0. The van der Waals surface area contributed by atoms with Crippen molar-refractivity contribution in [3.05, 3.63) is 65.2 Å². The molecule has 3 heteroatoms. The van der Waals surface area contributed by atoms with Crippen molar-refractivity contribution in [2.24, 2.45) is 11.8 Å². The Bertz CT molecular complexity index is 705. The summed E-state index contributed by atoms with van der Waals surface area (Å²) < 4.78 is 10.6. The third kappa shape index (κ3) is 2.00. The second-order valence-corrected chi connectivity index (χ2v) is 6.05. The quantitative estimate of drug-likeness (QED) is 0.798. The van der Waals surface area contributed by atoms with Crippen molar-refractivity contribution in [1.29, 1.82) is 0 Å². The lowest BCUT2D eigenvalue weighted by Crippen LogP contribution is -2.30. The molecule has 0 spiro atoms. The lowest BCUT2D eigenvalue weighted by molar-refractivity contribution is -0.141. The number of carbonyl (C=O) groups excluding carboxylic acids is 1. The van der Waals surface area contributed by atoms with E-state index in [1.54, 1.807) is 7.11 Å². The van der Waals surface area contributed by atoms with Crippen molar-refractivity contribution < 1.29 is 14.3 Å². The van der Waals surface area contributed by atoms with E-state index in [-0.39, 0.29) is 23.7 Å². The summed E-state index contributed by atoms with van der Waals surface area (Å²) in [5.74, 6) is 1.24. The number of hydrogen-bond acceptors (Lipinski definition) is 3. The van der Waals surface area contributed by atoms with Crippen LogP contribution >= 0.6 is 0 Å². The van der Waals surface area contributed by atoms with Gasteiger partial charge in [-0.2, -0.15) is 0 Å². The first-order valence-corrected chi connectivity index (χ1v) is 7.66. The third-order valence-corrected chi connectivity index (χ3v) is 4.97.